The molecule has 2 aromatic carbocycles. The maximum Gasteiger partial charge on any atom is 0.335 e. The van der Waals surface area contributed by atoms with E-state index in [2.05, 4.69) is 0 Å². The normalized spacial score (nSPS) is 11.8. The smallest absolute Gasteiger partial charge is 0.335 e. The van der Waals surface area contributed by atoms with Gasteiger partial charge in [0.2, 0.25) is 5.91 Å². The van der Waals surface area contributed by atoms with E-state index in [4.69, 9.17) is 16.7 Å². The molecule has 0 aliphatic heterocycles. The largest absolute Gasteiger partial charge is 0.478 e. The minimum Gasteiger partial charge on any atom is -0.478 e. The molecule has 5 heteroatoms. The van der Waals surface area contributed by atoms with Gasteiger partial charge < -0.3 is 10.0 Å². The number of hydrogen-bond acceptors (Lipinski definition) is 2. The van der Waals surface area contributed by atoms with Crippen LogP contribution in [0.1, 0.15) is 40.9 Å². The first-order valence-corrected chi connectivity index (χ1v) is 8.09. The summed E-state index contributed by atoms with van der Waals surface area (Å²) in [5.74, 6) is -0.919. The minimum absolute atomic E-state index is 0.0322. The summed E-state index contributed by atoms with van der Waals surface area (Å²) < 4.78 is 0. The van der Waals surface area contributed by atoms with Gasteiger partial charge in [0.25, 0.3) is 0 Å². The van der Waals surface area contributed by atoms with Crippen LogP contribution >= 0.6 is 11.6 Å². The third-order valence-electron chi connectivity index (χ3n) is 4.13. The van der Waals surface area contributed by atoms with E-state index in [0.29, 0.717) is 17.9 Å². The number of aromatic carboxylic acids is 1. The van der Waals surface area contributed by atoms with Gasteiger partial charge in [-0.3, -0.25) is 4.79 Å². The van der Waals surface area contributed by atoms with Gasteiger partial charge in [0.05, 0.1) is 11.6 Å². The molecule has 0 saturated heterocycles. The average Bonchev–Trinajstić information content (AvgIpc) is 2.58. The number of carboxylic acid groups (broad SMARTS) is 1. The highest BCUT2D eigenvalue weighted by Gasteiger charge is 2.17. The van der Waals surface area contributed by atoms with Crippen LogP contribution in [0.5, 0.6) is 0 Å². The number of hydrogen-bond donors (Lipinski definition) is 1. The number of benzene rings is 2. The molecule has 0 bridgehead atoms. The number of amides is 1. The molecule has 0 aliphatic carbocycles. The number of halogens is 1. The predicted octanol–water partition coefficient (Wildman–Crippen LogP) is 4.19. The van der Waals surface area contributed by atoms with Crippen LogP contribution in [-0.2, 0) is 11.2 Å². The molecule has 4 nitrogen and oxygen atoms in total. The Kier molecular flexibility index (Phi) is 5.99. The van der Waals surface area contributed by atoms with Gasteiger partial charge in [-0.1, -0.05) is 35.9 Å². The molecule has 1 N–H and O–H groups in total. The van der Waals surface area contributed by atoms with Gasteiger partial charge in [0.1, 0.15) is 0 Å². The molecule has 126 valence electrons. The van der Waals surface area contributed by atoms with Crippen LogP contribution in [0.2, 0.25) is 5.02 Å². The summed E-state index contributed by atoms with van der Waals surface area (Å²) in [4.78, 5) is 24.9. The highest BCUT2D eigenvalue weighted by atomic mass is 35.5. The number of carboxylic acids is 1. The Morgan fingerprint density at radius 3 is 2.42 bits per heavy atom. The van der Waals surface area contributed by atoms with Crippen molar-refractivity contribution in [3.63, 3.8) is 0 Å². The van der Waals surface area contributed by atoms with Crippen LogP contribution in [0.3, 0.4) is 0 Å². The van der Waals surface area contributed by atoms with Crippen molar-refractivity contribution in [1.82, 2.24) is 4.90 Å². The molecule has 0 spiro atoms. The molecular weight excluding hydrogens is 326 g/mol. The van der Waals surface area contributed by atoms with Crippen molar-refractivity contribution in [2.24, 2.45) is 0 Å². The van der Waals surface area contributed by atoms with E-state index in [0.717, 1.165) is 11.1 Å². The van der Waals surface area contributed by atoms with Crippen molar-refractivity contribution in [3.05, 3.63) is 70.2 Å². The number of nitrogens with zero attached hydrogens (tertiary/aromatic N) is 1. The lowest BCUT2D eigenvalue weighted by Crippen LogP contribution is -2.29. The summed E-state index contributed by atoms with van der Waals surface area (Å²) in [5.41, 5.74) is 2.18. The lowest BCUT2D eigenvalue weighted by molar-refractivity contribution is -0.131. The van der Waals surface area contributed by atoms with E-state index >= 15 is 0 Å². The number of aryl methyl sites for hydroxylation is 1. The second-order valence-electron chi connectivity index (χ2n) is 5.74. The standard InChI is InChI=1S/C19H20ClNO3/c1-13(16-4-3-5-17(20)12-16)21(2)18(22)11-8-14-6-9-15(10-7-14)19(23)24/h3-7,9-10,12-13H,8,11H2,1-2H3,(H,23,24). The Bertz CT molecular complexity index is 728. The Morgan fingerprint density at radius 2 is 1.83 bits per heavy atom. The van der Waals surface area contributed by atoms with E-state index < -0.39 is 5.97 Å². The fourth-order valence-corrected chi connectivity index (χ4v) is 2.65. The summed E-state index contributed by atoms with van der Waals surface area (Å²) in [6, 6.07) is 14.0. The third-order valence-corrected chi connectivity index (χ3v) is 4.37. The van der Waals surface area contributed by atoms with Crippen LogP contribution in [0, 0.1) is 0 Å². The molecule has 0 radical (unpaired) electrons. The fraction of sp³-hybridized carbons (Fsp3) is 0.263. The monoisotopic (exact) mass is 345 g/mol. The van der Waals surface area contributed by atoms with Crippen LogP contribution in [-0.4, -0.2) is 28.9 Å². The summed E-state index contributed by atoms with van der Waals surface area (Å²) in [5, 5.41) is 9.54. The Hall–Kier alpha value is -2.33. The Balaban J connectivity index is 1.95. The fourth-order valence-electron chi connectivity index (χ4n) is 2.45. The molecule has 0 heterocycles. The van der Waals surface area contributed by atoms with Crippen molar-refractivity contribution < 1.29 is 14.7 Å². The van der Waals surface area contributed by atoms with Gasteiger partial charge in [-0.2, -0.15) is 0 Å². The summed E-state index contributed by atoms with van der Waals surface area (Å²) in [6.07, 6.45) is 0.944. The van der Waals surface area contributed by atoms with Gasteiger partial charge in [-0.15, -0.1) is 0 Å². The van der Waals surface area contributed by atoms with E-state index in [9.17, 15) is 9.59 Å². The molecule has 0 fully saturated rings. The lowest BCUT2D eigenvalue weighted by atomic mass is 10.0. The number of carbonyl (C=O) groups excluding carboxylic acids is 1. The van der Waals surface area contributed by atoms with Crippen molar-refractivity contribution in [3.8, 4) is 0 Å². The van der Waals surface area contributed by atoms with Gasteiger partial charge in [-0.05, 0) is 48.7 Å². The maximum absolute atomic E-state index is 12.4. The maximum atomic E-state index is 12.4. The van der Waals surface area contributed by atoms with Crippen LogP contribution in [0.4, 0.5) is 0 Å². The molecule has 0 aliphatic rings. The van der Waals surface area contributed by atoms with Gasteiger partial charge >= 0.3 is 5.97 Å². The summed E-state index contributed by atoms with van der Waals surface area (Å²) >= 11 is 6.00. The molecular formula is C19H20ClNO3. The second-order valence-corrected chi connectivity index (χ2v) is 6.17. The topological polar surface area (TPSA) is 57.6 Å². The van der Waals surface area contributed by atoms with Crippen LogP contribution < -0.4 is 0 Å². The quantitative estimate of drug-likeness (QED) is 0.854. The lowest BCUT2D eigenvalue weighted by Gasteiger charge is -2.25. The molecule has 2 rings (SSSR count). The van der Waals surface area contributed by atoms with Gasteiger partial charge in [0.15, 0.2) is 0 Å². The molecule has 0 saturated carbocycles. The summed E-state index contributed by atoms with van der Waals surface area (Å²) in [6.45, 7) is 1.96. The van der Waals surface area contributed by atoms with E-state index in [1.165, 1.54) is 0 Å². The zero-order valence-electron chi connectivity index (χ0n) is 13.7. The summed E-state index contributed by atoms with van der Waals surface area (Å²) in [7, 11) is 1.78. The molecule has 1 amide bonds. The highest BCUT2D eigenvalue weighted by Crippen LogP contribution is 2.22. The third kappa shape index (κ3) is 4.59. The van der Waals surface area contributed by atoms with Crippen LogP contribution in [0.15, 0.2) is 48.5 Å². The number of carbonyl (C=O) groups is 2. The molecule has 2 aromatic rings. The van der Waals surface area contributed by atoms with Crippen LogP contribution in [0.25, 0.3) is 0 Å². The van der Waals surface area contributed by atoms with Crippen molar-refractivity contribution in [1.29, 1.82) is 0 Å². The highest BCUT2D eigenvalue weighted by molar-refractivity contribution is 6.30. The van der Waals surface area contributed by atoms with E-state index in [1.807, 2.05) is 25.1 Å². The number of rotatable bonds is 6. The first kappa shape index (κ1) is 18.0. The Labute approximate surface area is 146 Å². The predicted molar refractivity (Wildman–Crippen MR) is 94.4 cm³/mol. The molecule has 24 heavy (non-hydrogen) atoms. The average molecular weight is 346 g/mol. The SMILES string of the molecule is CC(c1cccc(Cl)c1)N(C)C(=O)CCc1ccc(C(=O)O)cc1. The van der Waals surface area contributed by atoms with E-state index in [1.54, 1.807) is 42.3 Å². The molecule has 1 unspecified atom stereocenters. The minimum atomic E-state index is -0.951. The molecule has 1 atom stereocenters. The molecule has 0 aromatic heterocycles. The Morgan fingerprint density at radius 1 is 1.17 bits per heavy atom. The van der Waals surface area contributed by atoms with Crippen molar-refractivity contribution >= 4 is 23.5 Å². The van der Waals surface area contributed by atoms with Gasteiger partial charge in [-0.25, -0.2) is 4.79 Å². The van der Waals surface area contributed by atoms with Crippen molar-refractivity contribution in [2.75, 3.05) is 7.05 Å². The van der Waals surface area contributed by atoms with E-state index in [-0.39, 0.29) is 17.5 Å². The van der Waals surface area contributed by atoms with Crippen molar-refractivity contribution in [2.45, 2.75) is 25.8 Å². The first-order valence-electron chi connectivity index (χ1n) is 7.72. The second kappa shape index (κ2) is 7.97. The zero-order valence-corrected chi connectivity index (χ0v) is 14.5. The first-order chi connectivity index (χ1) is 11.4. The van der Waals surface area contributed by atoms with Gasteiger partial charge in [0, 0.05) is 18.5 Å². The zero-order chi connectivity index (χ0) is 17.7.